The molecule has 2 rings (SSSR count). The zero-order valence-corrected chi connectivity index (χ0v) is 11.8. The van der Waals surface area contributed by atoms with Gasteiger partial charge in [0.1, 0.15) is 6.54 Å². The van der Waals surface area contributed by atoms with Crippen LogP contribution < -0.4 is 9.47 Å². The summed E-state index contributed by atoms with van der Waals surface area (Å²) in [5, 5.41) is 19.9. The Labute approximate surface area is 121 Å². The fourth-order valence-electron chi connectivity index (χ4n) is 1.78. The van der Waals surface area contributed by atoms with Crippen LogP contribution in [0.5, 0.6) is 11.5 Å². The lowest BCUT2D eigenvalue weighted by molar-refractivity contribution is -0.137. The molecule has 112 valence electrons. The zero-order valence-electron chi connectivity index (χ0n) is 11.8. The van der Waals surface area contributed by atoms with Gasteiger partial charge in [0, 0.05) is 5.56 Å². The molecule has 2 aromatic rings. The van der Waals surface area contributed by atoms with Crippen molar-refractivity contribution in [2.45, 2.75) is 19.9 Å². The Hall–Kier alpha value is -2.64. The molecule has 0 saturated carbocycles. The summed E-state index contributed by atoms with van der Waals surface area (Å²) >= 11 is 0. The average molecular weight is 292 g/mol. The Morgan fingerprint density at radius 3 is 2.86 bits per heavy atom. The second kappa shape index (κ2) is 6.69. The van der Waals surface area contributed by atoms with Crippen molar-refractivity contribution in [1.82, 2.24) is 20.2 Å². The number of nitrogens with zero attached hydrogens (tertiary/aromatic N) is 4. The topological polar surface area (TPSA) is 99.4 Å². The van der Waals surface area contributed by atoms with Gasteiger partial charge in [-0.3, -0.25) is 4.79 Å². The highest BCUT2D eigenvalue weighted by Gasteiger charge is 2.14. The predicted octanol–water partition coefficient (Wildman–Crippen LogP) is 1.22. The van der Waals surface area contributed by atoms with E-state index < -0.39 is 5.97 Å². The summed E-state index contributed by atoms with van der Waals surface area (Å²) in [7, 11) is 1.54. The van der Waals surface area contributed by atoms with E-state index in [2.05, 4.69) is 15.5 Å². The Kier molecular flexibility index (Phi) is 4.70. The zero-order chi connectivity index (χ0) is 15.2. The summed E-state index contributed by atoms with van der Waals surface area (Å²) in [6.07, 6.45) is 0.891. The number of carboxylic acid groups (broad SMARTS) is 1. The molecule has 8 nitrogen and oxygen atoms in total. The van der Waals surface area contributed by atoms with Crippen molar-refractivity contribution in [3.05, 3.63) is 18.2 Å². The molecule has 1 heterocycles. The molecule has 1 aromatic heterocycles. The minimum absolute atomic E-state index is 0.307. The van der Waals surface area contributed by atoms with E-state index in [0.29, 0.717) is 29.5 Å². The number of ether oxygens (including phenoxy) is 2. The van der Waals surface area contributed by atoms with Crippen LogP contribution in [-0.4, -0.2) is 45.0 Å². The Balaban J connectivity index is 2.32. The van der Waals surface area contributed by atoms with Crippen LogP contribution in [0.2, 0.25) is 0 Å². The van der Waals surface area contributed by atoms with Crippen LogP contribution in [-0.2, 0) is 11.3 Å². The minimum Gasteiger partial charge on any atom is -0.493 e. The van der Waals surface area contributed by atoms with Gasteiger partial charge in [-0.05, 0) is 35.0 Å². The molecule has 0 fully saturated rings. The van der Waals surface area contributed by atoms with Crippen molar-refractivity contribution in [3.63, 3.8) is 0 Å². The molecule has 0 atom stereocenters. The number of aliphatic carboxylic acids is 1. The van der Waals surface area contributed by atoms with Gasteiger partial charge in [-0.15, -0.1) is 5.10 Å². The summed E-state index contributed by atoms with van der Waals surface area (Å²) in [6.45, 7) is 2.30. The molecule has 0 aliphatic heterocycles. The summed E-state index contributed by atoms with van der Waals surface area (Å²) < 4.78 is 12.1. The van der Waals surface area contributed by atoms with E-state index in [9.17, 15) is 4.79 Å². The van der Waals surface area contributed by atoms with Gasteiger partial charge >= 0.3 is 5.97 Å². The number of carbonyl (C=O) groups is 1. The second-order valence-corrected chi connectivity index (χ2v) is 4.27. The van der Waals surface area contributed by atoms with Gasteiger partial charge < -0.3 is 14.6 Å². The van der Waals surface area contributed by atoms with Crippen molar-refractivity contribution < 1.29 is 19.4 Å². The van der Waals surface area contributed by atoms with Gasteiger partial charge in [-0.1, -0.05) is 6.92 Å². The third kappa shape index (κ3) is 3.47. The fourth-order valence-corrected chi connectivity index (χ4v) is 1.78. The smallest absolute Gasteiger partial charge is 0.325 e. The van der Waals surface area contributed by atoms with Crippen molar-refractivity contribution in [3.8, 4) is 22.9 Å². The first-order valence-electron chi connectivity index (χ1n) is 6.45. The lowest BCUT2D eigenvalue weighted by atomic mass is 10.2. The van der Waals surface area contributed by atoms with Crippen molar-refractivity contribution in [1.29, 1.82) is 0 Å². The first kappa shape index (κ1) is 14.8. The highest BCUT2D eigenvalue weighted by molar-refractivity contribution is 5.68. The molecular weight excluding hydrogens is 276 g/mol. The minimum atomic E-state index is -1.02. The molecule has 1 aromatic carbocycles. The normalized spacial score (nSPS) is 10.4. The van der Waals surface area contributed by atoms with Gasteiger partial charge in [0.05, 0.1) is 13.7 Å². The maximum atomic E-state index is 10.8. The van der Waals surface area contributed by atoms with E-state index >= 15 is 0 Å². The van der Waals surface area contributed by atoms with Crippen LogP contribution in [0.4, 0.5) is 0 Å². The summed E-state index contributed by atoms with van der Waals surface area (Å²) in [5.41, 5.74) is 0.655. The largest absolute Gasteiger partial charge is 0.493 e. The van der Waals surface area contributed by atoms with Gasteiger partial charge in [0.2, 0.25) is 0 Å². The van der Waals surface area contributed by atoms with E-state index in [1.807, 2.05) is 6.92 Å². The lowest BCUT2D eigenvalue weighted by Gasteiger charge is -2.11. The highest BCUT2D eigenvalue weighted by atomic mass is 16.5. The van der Waals surface area contributed by atoms with Gasteiger partial charge in [-0.25, -0.2) is 4.68 Å². The first-order chi connectivity index (χ1) is 10.2. The molecule has 21 heavy (non-hydrogen) atoms. The molecule has 1 N–H and O–H groups in total. The number of benzene rings is 1. The predicted molar refractivity (Wildman–Crippen MR) is 73.2 cm³/mol. The number of tetrazole rings is 1. The first-order valence-corrected chi connectivity index (χ1v) is 6.45. The average Bonchev–Trinajstić information content (AvgIpc) is 2.92. The molecule has 0 unspecified atom stereocenters. The maximum Gasteiger partial charge on any atom is 0.325 e. The van der Waals surface area contributed by atoms with Crippen molar-refractivity contribution in [2.24, 2.45) is 0 Å². The van der Waals surface area contributed by atoms with Crippen molar-refractivity contribution in [2.75, 3.05) is 13.7 Å². The summed E-state index contributed by atoms with van der Waals surface area (Å²) in [5.74, 6) is 0.516. The Morgan fingerprint density at radius 2 is 2.19 bits per heavy atom. The number of rotatable bonds is 7. The Morgan fingerprint density at radius 1 is 1.38 bits per heavy atom. The molecule has 0 radical (unpaired) electrons. The fraction of sp³-hybridized carbons (Fsp3) is 0.385. The summed E-state index contributed by atoms with van der Waals surface area (Å²) in [4.78, 5) is 10.8. The molecule has 0 bridgehead atoms. The second-order valence-electron chi connectivity index (χ2n) is 4.27. The van der Waals surface area contributed by atoms with Gasteiger partial charge in [0.25, 0.3) is 0 Å². The number of hydrogen-bond donors (Lipinski definition) is 1. The van der Waals surface area contributed by atoms with Crippen LogP contribution >= 0.6 is 0 Å². The van der Waals surface area contributed by atoms with E-state index in [1.165, 1.54) is 11.8 Å². The van der Waals surface area contributed by atoms with Gasteiger partial charge in [-0.2, -0.15) is 0 Å². The maximum absolute atomic E-state index is 10.8. The Bertz CT molecular complexity index is 626. The molecule has 0 amide bonds. The van der Waals surface area contributed by atoms with Crippen LogP contribution in [0.3, 0.4) is 0 Å². The van der Waals surface area contributed by atoms with Gasteiger partial charge in [0.15, 0.2) is 17.3 Å². The number of carboxylic acids is 1. The number of aromatic nitrogens is 4. The quantitative estimate of drug-likeness (QED) is 0.819. The van der Waals surface area contributed by atoms with Crippen LogP contribution in [0, 0.1) is 0 Å². The summed E-state index contributed by atoms with van der Waals surface area (Å²) in [6, 6.07) is 5.23. The SMILES string of the molecule is CCCOc1ccc(-c2nnnn2CC(=O)O)cc1OC. The van der Waals surface area contributed by atoms with Crippen LogP contribution in [0.15, 0.2) is 18.2 Å². The molecule has 0 aliphatic rings. The number of hydrogen-bond acceptors (Lipinski definition) is 6. The lowest BCUT2D eigenvalue weighted by Crippen LogP contribution is -2.11. The van der Waals surface area contributed by atoms with E-state index in [1.54, 1.807) is 18.2 Å². The highest BCUT2D eigenvalue weighted by Crippen LogP contribution is 2.31. The molecule has 8 heteroatoms. The van der Waals surface area contributed by atoms with E-state index in [4.69, 9.17) is 14.6 Å². The van der Waals surface area contributed by atoms with Crippen LogP contribution in [0.25, 0.3) is 11.4 Å². The third-order valence-electron chi connectivity index (χ3n) is 2.70. The molecule has 0 saturated heterocycles. The standard InChI is InChI=1S/C13H16N4O4/c1-3-6-21-10-5-4-9(7-11(10)20-2)13-14-15-16-17(13)8-12(18)19/h4-5,7H,3,6,8H2,1-2H3,(H,18,19). The van der Waals surface area contributed by atoms with Crippen LogP contribution in [0.1, 0.15) is 13.3 Å². The van der Waals surface area contributed by atoms with E-state index in [-0.39, 0.29) is 6.54 Å². The monoisotopic (exact) mass is 292 g/mol. The molecular formula is C13H16N4O4. The molecule has 0 aliphatic carbocycles. The molecule has 0 spiro atoms. The number of methoxy groups -OCH3 is 1. The third-order valence-corrected chi connectivity index (χ3v) is 2.70. The van der Waals surface area contributed by atoms with E-state index in [0.717, 1.165) is 6.42 Å². The van der Waals surface area contributed by atoms with Crippen molar-refractivity contribution >= 4 is 5.97 Å².